The molecule has 0 aliphatic carbocycles. The fourth-order valence-corrected chi connectivity index (χ4v) is 5.65. The number of carbonyl (C=O) groups excluding carboxylic acids is 3. The van der Waals surface area contributed by atoms with Crippen molar-refractivity contribution in [2.24, 2.45) is 10.8 Å². The molecule has 5 nitrogen and oxygen atoms in total. The fraction of sp³-hybridized carbons (Fsp3) is 0.923. The predicted octanol–water partition coefficient (Wildman–Crippen LogP) is 11.9. The van der Waals surface area contributed by atoms with Crippen LogP contribution in [0.25, 0.3) is 0 Å². The van der Waals surface area contributed by atoms with E-state index in [1.165, 1.54) is 77.0 Å². The molecule has 0 aliphatic heterocycles. The average Bonchev–Trinajstić information content (AvgIpc) is 2.98. The van der Waals surface area contributed by atoms with E-state index in [-0.39, 0.29) is 11.9 Å². The third-order valence-corrected chi connectivity index (χ3v) is 9.08. The van der Waals surface area contributed by atoms with Gasteiger partial charge in [0.2, 0.25) is 0 Å². The van der Waals surface area contributed by atoms with Crippen molar-refractivity contribution in [2.75, 3.05) is 13.2 Å². The van der Waals surface area contributed by atoms with Crippen molar-refractivity contribution in [1.82, 2.24) is 0 Å². The molecule has 0 N–H and O–H groups in total. The molecular formula is C39H74O5. The van der Waals surface area contributed by atoms with Crippen LogP contribution < -0.4 is 0 Å². The van der Waals surface area contributed by atoms with Crippen LogP contribution in [0.15, 0.2) is 0 Å². The second kappa shape index (κ2) is 27.9. The van der Waals surface area contributed by atoms with E-state index in [9.17, 15) is 14.4 Å². The first-order chi connectivity index (χ1) is 21.1. The van der Waals surface area contributed by atoms with Gasteiger partial charge in [0.15, 0.2) is 0 Å². The summed E-state index contributed by atoms with van der Waals surface area (Å²) in [5, 5.41) is 0. The summed E-state index contributed by atoms with van der Waals surface area (Å²) in [4.78, 5) is 37.4. The highest BCUT2D eigenvalue weighted by atomic mass is 16.5. The van der Waals surface area contributed by atoms with Gasteiger partial charge in [0.1, 0.15) is 5.78 Å². The Morgan fingerprint density at radius 3 is 1.05 bits per heavy atom. The third-order valence-electron chi connectivity index (χ3n) is 9.08. The average molecular weight is 623 g/mol. The monoisotopic (exact) mass is 623 g/mol. The minimum Gasteiger partial charge on any atom is -0.465 e. The summed E-state index contributed by atoms with van der Waals surface area (Å²) in [5.74, 6) is 0.158. The molecular weight excluding hydrogens is 548 g/mol. The molecule has 0 saturated heterocycles. The highest BCUT2D eigenvalue weighted by molar-refractivity contribution is 5.78. The molecule has 44 heavy (non-hydrogen) atoms. The lowest BCUT2D eigenvalue weighted by Gasteiger charge is -2.22. The molecule has 0 aromatic heterocycles. The summed E-state index contributed by atoms with van der Waals surface area (Å²) >= 11 is 0. The molecule has 260 valence electrons. The Kier molecular flexibility index (Phi) is 27.0. The molecule has 5 heteroatoms. The minimum atomic E-state index is -0.460. The van der Waals surface area contributed by atoms with Crippen LogP contribution in [0.4, 0.5) is 0 Å². The normalized spacial score (nSPS) is 12.0. The quantitative estimate of drug-likeness (QED) is 0.0551. The van der Waals surface area contributed by atoms with E-state index in [2.05, 4.69) is 13.8 Å². The molecule has 0 spiro atoms. The summed E-state index contributed by atoms with van der Waals surface area (Å²) in [5.41, 5.74) is -0.921. The summed E-state index contributed by atoms with van der Waals surface area (Å²) in [6, 6.07) is 0. The van der Waals surface area contributed by atoms with Crippen LogP contribution in [0, 0.1) is 10.8 Å². The zero-order valence-corrected chi connectivity index (χ0v) is 30.3. The number of ketones is 1. The van der Waals surface area contributed by atoms with Crippen molar-refractivity contribution < 1.29 is 23.9 Å². The first kappa shape index (κ1) is 42.6. The summed E-state index contributed by atoms with van der Waals surface area (Å²) in [7, 11) is 0. The third kappa shape index (κ3) is 24.9. The molecule has 0 atom stereocenters. The second-order valence-electron chi connectivity index (χ2n) is 14.6. The highest BCUT2D eigenvalue weighted by Crippen LogP contribution is 2.27. The summed E-state index contributed by atoms with van der Waals surface area (Å²) < 4.78 is 11.1. The van der Waals surface area contributed by atoms with Crippen LogP contribution in [-0.4, -0.2) is 30.9 Å². The molecule has 0 amide bonds. The number of carbonyl (C=O) groups is 3. The van der Waals surface area contributed by atoms with Crippen LogP contribution in [0.2, 0.25) is 0 Å². The Hall–Kier alpha value is -1.39. The lowest BCUT2D eigenvalue weighted by molar-refractivity contribution is -0.155. The number of Topliss-reactive ketones (excluding diaryl/α,β-unsaturated/α-hetero) is 1. The molecule has 0 heterocycles. The van der Waals surface area contributed by atoms with Gasteiger partial charge in [-0.3, -0.25) is 14.4 Å². The maximum atomic E-state index is 12.5. The zero-order chi connectivity index (χ0) is 32.9. The first-order valence-corrected chi connectivity index (χ1v) is 18.9. The lowest BCUT2D eigenvalue weighted by atomic mass is 9.86. The summed E-state index contributed by atoms with van der Waals surface area (Å²) in [6.45, 7) is 13.5. The van der Waals surface area contributed by atoms with Crippen molar-refractivity contribution in [1.29, 1.82) is 0 Å². The smallest absolute Gasteiger partial charge is 0.311 e. The number of hydrogen-bond acceptors (Lipinski definition) is 5. The SMILES string of the molecule is CCCCCCCCCCOC(=O)C(C)(C)CCCCCC(=O)CCCCCC(C)(C)C(=O)OCCCCCCCCCC. The molecule has 0 fully saturated rings. The van der Waals surface area contributed by atoms with E-state index in [0.717, 1.165) is 77.0 Å². The molecule has 0 unspecified atom stereocenters. The molecule has 0 aromatic carbocycles. The number of rotatable bonds is 32. The number of unbranched alkanes of at least 4 members (excludes halogenated alkanes) is 18. The van der Waals surface area contributed by atoms with Gasteiger partial charge in [0, 0.05) is 12.8 Å². The van der Waals surface area contributed by atoms with E-state index in [0.29, 0.717) is 31.8 Å². The van der Waals surface area contributed by atoms with Gasteiger partial charge in [-0.1, -0.05) is 129 Å². The van der Waals surface area contributed by atoms with Gasteiger partial charge in [-0.05, 0) is 66.2 Å². The molecule has 0 aliphatic rings. The van der Waals surface area contributed by atoms with Gasteiger partial charge in [-0.15, -0.1) is 0 Å². The lowest BCUT2D eigenvalue weighted by Crippen LogP contribution is -2.27. The largest absolute Gasteiger partial charge is 0.465 e. The molecule has 0 rings (SSSR count). The standard InChI is InChI=1S/C39H74O5/c1-7-9-11-13-15-17-19-27-33-43-36(41)38(3,4)31-25-21-23-29-35(40)30-24-22-26-32-39(5,6)37(42)44-34-28-20-18-16-14-12-10-8-2/h7-34H2,1-6H3. The Bertz CT molecular complexity index is 653. The van der Waals surface area contributed by atoms with E-state index in [4.69, 9.17) is 9.47 Å². The van der Waals surface area contributed by atoms with Crippen molar-refractivity contribution in [3.8, 4) is 0 Å². The Morgan fingerprint density at radius 1 is 0.409 bits per heavy atom. The molecule has 0 aromatic rings. The molecule has 0 bridgehead atoms. The topological polar surface area (TPSA) is 69.7 Å². The van der Waals surface area contributed by atoms with Gasteiger partial charge >= 0.3 is 11.9 Å². The molecule has 0 radical (unpaired) electrons. The van der Waals surface area contributed by atoms with Crippen LogP contribution >= 0.6 is 0 Å². The predicted molar refractivity (Wildman–Crippen MR) is 186 cm³/mol. The van der Waals surface area contributed by atoms with E-state index in [1.54, 1.807) is 0 Å². The Labute approximate surface area is 273 Å². The van der Waals surface area contributed by atoms with Gasteiger partial charge in [-0.2, -0.15) is 0 Å². The van der Waals surface area contributed by atoms with Gasteiger partial charge in [0.05, 0.1) is 24.0 Å². The number of esters is 2. The van der Waals surface area contributed by atoms with Crippen molar-refractivity contribution in [3.63, 3.8) is 0 Å². The van der Waals surface area contributed by atoms with E-state index < -0.39 is 10.8 Å². The van der Waals surface area contributed by atoms with Crippen LogP contribution in [0.1, 0.15) is 208 Å². The number of hydrogen-bond donors (Lipinski definition) is 0. The second-order valence-corrected chi connectivity index (χ2v) is 14.6. The van der Waals surface area contributed by atoms with E-state index >= 15 is 0 Å². The molecule has 0 saturated carbocycles. The fourth-order valence-electron chi connectivity index (χ4n) is 5.65. The van der Waals surface area contributed by atoms with Crippen molar-refractivity contribution in [3.05, 3.63) is 0 Å². The van der Waals surface area contributed by atoms with Crippen LogP contribution in [0.3, 0.4) is 0 Å². The van der Waals surface area contributed by atoms with Crippen LogP contribution in [0.5, 0.6) is 0 Å². The van der Waals surface area contributed by atoms with Crippen molar-refractivity contribution in [2.45, 2.75) is 208 Å². The van der Waals surface area contributed by atoms with Gasteiger partial charge < -0.3 is 9.47 Å². The van der Waals surface area contributed by atoms with E-state index in [1.807, 2.05) is 27.7 Å². The maximum absolute atomic E-state index is 12.5. The maximum Gasteiger partial charge on any atom is 0.311 e. The van der Waals surface area contributed by atoms with Gasteiger partial charge in [-0.25, -0.2) is 0 Å². The Morgan fingerprint density at radius 2 is 0.705 bits per heavy atom. The van der Waals surface area contributed by atoms with Gasteiger partial charge in [0.25, 0.3) is 0 Å². The number of ether oxygens (including phenoxy) is 2. The first-order valence-electron chi connectivity index (χ1n) is 18.9. The zero-order valence-electron chi connectivity index (χ0n) is 30.3. The highest BCUT2D eigenvalue weighted by Gasteiger charge is 2.29. The summed E-state index contributed by atoms with van der Waals surface area (Å²) in [6.07, 6.45) is 28.3. The van der Waals surface area contributed by atoms with Crippen LogP contribution in [-0.2, 0) is 23.9 Å². The Balaban J connectivity index is 3.79. The van der Waals surface area contributed by atoms with Crippen molar-refractivity contribution >= 4 is 17.7 Å². The minimum absolute atomic E-state index is 0.0866.